The topological polar surface area (TPSA) is 0 Å². The molecule has 0 radical (unpaired) electrons. The summed E-state index contributed by atoms with van der Waals surface area (Å²) in [6.45, 7) is 4.36. The van der Waals surface area contributed by atoms with E-state index in [2.05, 4.69) is 13.8 Å². The molecule has 0 atom stereocenters. The molecule has 0 saturated heterocycles. The van der Waals surface area contributed by atoms with Crippen LogP contribution in [0.4, 0.5) is 0 Å². The SMILES string of the molecule is C1C2CC3CC1CC(PC14CC5CC(CC(C5)C1)C4)(C2)C3.CCCC. The Bertz CT molecular complexity index is 378. The maximum atomic E-state index is 2.18. The second kappa shape index (κ2) is 6.50. The molecule has 25 heavy (non-hydrogen) atoms. The molecule has 142 valence electrons. The van der Waals surface area contributed by atoms with Crippen LogP contribution in [0.5, 0.6) is 0 Å². The fourth-order valence-electron chi connectivity index (χ4n) is 9.09. The summed E-state index contributed by atoms with van der Waals surface area (Å²) in [5, 5.41) is 1.75. The Morgan fingerprint density at radius 2 is 0.760 bits per heavy atom. The fraction of sp³-hybridized carbons (Fsp3) is 1.00. The molecule has 1 heteroatoms. The van der Waals surface area contributed by atoms with Crippen LogP contribution in [0.3, 0.4) is 0 Å². The van der Waals surface area contributed by atoms with Crippen molar-refractivity contribution in [2.24, 2.45) is 35.5 Å². The largest absolute Gasteiger partial charge is 0.109 e. The molecule has 8 rings (SSSR count). The summed E-state index contributed by atoms with van der Waals surface area (Å²) in [7, 11) is 1.38. The first-order chi connectivity index (χ1) is 12.1. The number of hydrogen-bond acceptors (Lipinski definition) is 0. The molecule has 0 aromatic carbocycles. The molecular weight excluding hydrogens is 319 g/mol. The molecule has 8 aliphatic rings. The van der Waals surface area contributed by atoms with Crippen molar-refractivity contribution in [1.82, 2.24) is 0 Å². The lowest BCUT2D eigenvalue weighted by molar-refractivity contribution is 0.0210. The summed E-state index contributed by atoms with van der Waals surface area (Å²) >= 11 is 0. The third-order valence-corrected chi connectivity index (χ3v) is 11.4. The van der Waals surface area contributed by atoms with Crippen LogP contribution in [0.2, 0.25) is 0 Å². The highest BCUT2D eigenvalue weighted by Crippen LogP contribution is 2.71. The molecule has 8 saturated carbocycles. The summed E-state index contributed by atoms with van der Waals surface area (Å²) in [5.41, 5.74) is 0. The van der Waals surface area contributed by atoms with Gasteiger partial charge in [-0.1, -0.05) is 26.7 Å². The first-order valence-electron chi connectivity index (χ1n) is 11.9. The molecule has 8 fully saturated rings. The van der Waals surface area contributed by atoms with Gasteiger partial charge in [-0.05, 0) is 123 Å². The van der Waals surface area contributed by atoms with Crippen LogP contribution < -0.4 is 0 Å². The van der Waals surface area contributed by atoms with Crippen molar-refractivity contribution in [3.8, 4) is 0 Å². The predicted molar refractivity (Wildman–Crippen MR) is 111 cm³/mol. The highest BCUT2D eigenvalue weighted by Gasteiger charge is 2.57. The second-order valence-corrected chi connectivity index (χ2v) is 13.9. The van der Waals surface area contributed by atoms with Crippen LogP contribution in [0.25, 0.3) is 0 Å². The molecule has 0 aromatic heterocycles. The van der Waals surface area contributed by atoms with Crippen LogP contribution in [-0.4, -0.2) is 10.3 Å². The van der Waals surface area contributed by atoms with E-state index in [0.717, 1.165) is 45.8 Å². The summed E-state index contributed by atoms with van der Waals surface area (Å²) in [5.74, 6) is 6.99. The maximum absolute atomic E-state index is 2.18. The number of unbranched alkanes of at least 4 members (excludes halogenated alkanes) is 1. The smallest absolute Gasteiger partial charge is 0.0109 e. The molecule has 0 spiro atoms. The molecule has 0 aliphatic heterocycles. The predicted octanol–water partition coefficient (Wildman–Crippen LogP) is 7.41. The molecule has 0 N–H and O–H groups in total. The van der Waals surface area contributed by atoms with Gasteiger partial charge in [0.1, 0.15) is 0 Å². The summed E-state index contributed by atoms with van der Waals surface area (Å²) in [4.78, 5) is 0. The minimum Gasteiger partial charge on any atom is -0.109 e. The summed E-state index contributed by atoms with van der Waals surface area (Å²) in [6, 6.07) is 0. The van der Waals surface area contributed by atoms with E-state index in [1.807, 2.05) is 0 Å². The third kappa shape index (κ3) is 3.26. The van der Waals surface area contributed by atoms with Gasteiger partial charge >= 0.3 is 0 Å². The van der Waals surface area contributed by atoms with Crippen LogP contribution in [-0.2, 0) is 0 Å². The van der Waals surface area contributed by atoms with Gasteiger partial charge in [-0.2, -0.15) is 0 Å². The van der Waals surface area contributed by atoms with Crippen molar-refractivity contribution < 1.29 is 0 Å². The first kappa shape index (κ1) is 17.5. The molecule has 0 heterocycles. The van der Waals surface area contributed by atoms with Gasteiger partial charge in [0.25, 0.3) is 0 Å². The van der Waals surface area contributed by atoms with E-state index in [0.29, 0.717) is 0 Å². The lowest BCUT2D eigenvalue weighted by Gasteiger charge is -2.63. The minimum absolute atomic E-state index is 0.875. The zero-order valence-corrected chi connectivity index (χ0v) is 17.9. The van der Waals surface area contributed by atoms with Gasteiger partial charge in [0.2, 0.25) is 0 Å². The van der Waals surface area contributed by atoms with E-state index < -0.39 is 0 Å². The zero-order valence-electron chi connectivity index (χ0n) is 16.9. The number of hydrogen-bond donors (Lipinski definition) is 0. The number of rotatable bonds is 3. The van der Waals surface area contributed by atoms with Gasteiger partial charge in [-0.25, -0.2) is 0 Å². The zero-order chi connectivity index (χ0) is 17.1. The van der Waals surface area contributed by atoms with E-state index >= 15 is 0 Å². The molecule has 0 unspecified atom stereocenters. The van der Waals surface area contributed by atoms with Crippen molar-refractivity contribution in [2.75, 3.05) is 0 Å². The molecule has 0 aromatic rings. The van der Waals surface area contributed by atoms with E-state index in [-0.39, 0.29) is 0 Å². The second-order valence-electron chi connectivity index (χ2n) is 11.5. The standard InChI is InChI=1S/C20H31P.C4H10/c1-13-2-15-3-14(1)8-19(7-13,9-15)21-20-10-16-4-17(11-20)6-18(5-16)12-20;1-3-4-2/h13-18,21H,1-12H2;3-4H2,1-2H3. The van der Waals surface area contributed by atoms with Gasteiger partial charge in [-0.3, -0.25) is 0 Å². The molecule has 8 aliphatic carbocycles. The average Bonchev–Trinajstić information content (AvgIpc) is 2.51. The van der Waals surface area contributed by atoms with Crippen LogP contribution >= 0.6 is 8.58 Å². The third-order valence-electron chi connectivity index (χ3n) is 9.11. The van der Waals surface area contributed by atoms with Gasteiger partial charge in [0, 0.05) is 0 Å². The highest BCUT2D eigenvalue weighted by atomic mass is 31.1. The van der Waals surface area contributed by atoms with Gasteiger partial charge < -0.3 is 0 Å². The van der Waals surface area contributed by atoms with Crippen molar-refractivity contribution in [3.05, 3.63) is 0 Å². The Morgan fingerprint density at radius 1 is 0.520 bits per heavy atom. The van der Waals surface area contributed by atoms with Crippen molar-refractivity contribution >= 4 is 8.58 Å². The van der Waals surface area contributed by atoms with Gasteiger partial charge in [0.05, 0.1) is 0 Å². The van der Waals surface area contributed by atoms with Crippen LogP contribution in [0, 0.1) is 35.5 Å². The summed E-state index contributed by atoms with van der Waals surface area (Å²) in [6.07, 6.45) is 22.4. The highest BCUT2D eigenvalue weighted by molar-refractivity contribution is 7.42. The average molecular weight is 361 g/mol. The Labute approximate surface area is 158 Å². The monoisotopic (exact) mass is 360 g/mol. The fourth-order valence-corrected chi connectivity index (χ4v) is 12.6. The maximum Gasteiger partial charge on any atom is -0.0109 e. The van der Waals surface area contributed by atoms with Gasteiger partial charge in [-0.15, -0.1) is 8.58 Å². The van der Waals surface area contributed by atoms with Crippen LogP contribution in [0.15, 0.2) is 0 Å². The minimum atomic E-state index is 0.875. The van der Waals surface area contributed by atoms with E-state index in [1.54, 1.807) is 77.0 Å². The Hall–Kier alpha value is 0.430. The Kier molecular flexibility index (Phi) is 4.55. The molecule has 0 nitrogen and oxygen atoms in total. The van der Waals surface area contributed by atoms with E-state index in [4.69, 9.17) is 0 Å². The molecular formula is C24H41P. The summed E-state index contributed by atoms with van der Waals surface area (Å²) < 4.78 is 0. The van der Waals surface area contributed by atoms with Crippen LogP contribution in [0.1, 0.15) is 104 Å². The lowest BCUT2D eigenvalue weighted by Crippen LogP contribution is -2.53. The molecule has 8 bridgehead atoms. The normalized spacial score (nSPS) is 55.0. The van der Waals surface area contributed by atoms with Crippen molar-refractivity contribution in [2.45, 2.75) is 114 Å². The first-order valence-corrected chi connectivity index (χ1v) is 12.9. The van der Waals surface area contributed by atoms with Crippen molar-refractivity contribution in [1.29, 1.82) is 0 Å². The Morgan fingerprint density at radius 3 is 0.960 bits per heavy atom. The molecule has 0 amide bonds. The Balaban J connectivity index is 0.000000321. The quantitative estimate of drug-likeness (QED) is 0.460. The lowest BCUT2D eigenvalue weighted by atomic mass is 9.55. The van der Waals surface area contributed by atoms with E-state index in [1.165, 1.54) is 21.4 Å². The van der Waals surface area contributed by atoms with Gasteiger partial charge in [0.15, 0.2) is 0 Å². The van der Waals surface area contributed by atoms with Crippen molar-refractivity contribution in [3.63, 3.8) is 0 Å². The van der Waals surface area contributed by atoms with E-state index in [9.17, 15) is 0 Å².